The topological polar surface area (TPSA) is 69.6 Å². The summed E-state index contributed by atoms with van der Waals surface area (Å²) in [5, 5.41) is 12.2. The second-order valence-electron chi connectivity index (χ2n) is 6.47. The van der Waals surface area contributed by atoms with Crippen molar-refractivity contribution in [3.8, 4) is 0 Å². The molecule has 1 unspecified atom stereocenters. The lowest BCUT2D eigenvalue weighted by Crippen LogP contribution is -2.46. The molecule has 0 aromatic heterocycles. The van der Waals surface area contributed by atoms with Gasteiger partial charge in [0, 0.05) is 19.0 Å². The molecule has 1 rings (SSSR count). The molecule has 1 aliphatic carbocycles. The smallest absolute Gasteiger partial charge is 0.242 e. The van der Waals surface area contributed by atoms with E-state index in [2.05, 4.69) is 5.32 Å². The Balaban J connectivity index is 2.34. The van der Waals surface area contributed by atoms with Gasteiger partial charge in [0.1, 0.15) is 0 Å². The van der Waals surface area contributed by atoms with Crippen LogP contribution < -0.4 is 5.32 Å². The van der Waals surface area contributed by atoms with Crippen molar-refractivity contribution in [3.05, 3.63) is 0 Å². The largest absolute Gasteiger partial charge is 0.392 e. The zero-order valence-corrected chi connectivity index (χ0v) is 13.6. The third kappa shape index (κ3) is 6.93. The number of amides is 2. The van der Waals surface area contributed by atoms with Crippen molar-refractivity contribution in [2.45, 2.75) is 71.4 Å². The van der Waals surface area contributed by atoms with Crippen molar-refractivity contribution in [2.24, 2.45) is 5.92 Å². The van der Waals surface area contributed by atoms with Gasteiger partial charge in [0.15, 0.2) is 0 Å². The fraction of sp³-hybridized carbons (Fsp3) is 0.875. The van der Waals surface area contributed by atoms with Gasteiger partial charge in [-0.3, -0.25) is 9.59 Å². The van der Waals surface area contributed by atoms with Crippen LogP contribution in [0.25, 0.3) is 0 Å². The van der Waals surface area contributed by atoms with Gasteiger partial charge in [-0.2, -0.15) is 0 Å². The average molecular weight is 298 g/mol. The van der Waals surface area contributed by atoms with Crippen LogP contribution in [0.15, 0.2) is 0 Å². The summed E-state index contributed by atoms with van der Waals surface area (Å²) >= 11 is 0. The van der Waals surface area contributed by atoms with Crippen LogP contribution in [0.4, 0.5) is 0 Å². The lowest BCUT2D eigenvalue weighted by molar-refractivity contribution is -0.135. The Bertz CT molecular complexity index is 336. The molecule has 0 aliphatic heterocycles. The van der Waals surface area contributed by atoms with Gasteiger partial charge in [-0.1, -0.05) is 19.3 Å². The highest BCUT2D eigenvalue weighted by molar-refractivity contribution is 5.85. The molecule has 1 fully saturated rings. The standard InChI is InChI=1S/C16H30N2O3/c1-12(2)18(11-13(3)19)16(21)10-17-15(20)9-14-7-5-4-6-8-14/h12-14,19H,4-11H2,1-3H3,(H,17,20). The van der Waals surface area contributed by atoms with Gasteiger partial charge in [-0.05, 0) is 39.5 Å². The van der Waals surface area contributed by atoms with E-state index >= 15 is 0 Å². The van der Waals surface area contributed by atoms with Gasteiger partial charge < -0.3 is 15.3 Å². The Hall–Kier alpha value is -1.10. The van der Waals surface area contributed by atoms with E-state index in [4.69, 9.17) is 0 Å². The van der Waals surface area contributed by atoms with Gasteiger partial charge in [0.2, 0.25) is 11.8 Å². The lowest BCUT2D eigenvalue weighted by atomic mass is 9.87. The van der Waals surface area contributed by atoms with Crippen LogP contribution >= 0.6 is 0 Å². The van der Waals surface area contributed by atoms with E-state index in [1.165, 1.54) is 19.3 Å². The minimum atomic E-state index is -0.561. The molecular weight excluding hydrogens is 268 g/mol. The first-order chi connectivity index (χ1) is 9.90. The fourth-order valence-corrected chi connectivity index (χ4v) is 2.89. The third-order valence-corrected chi connectivity index (χ3v) is 4.04. The van der Waals surface area contributed by atoms with E-state index in [1.807, 2.05) is 13.8 Å². The van der Waals surface area contributed by atoms with E-state index in [0.29, 0.717) is 18.9 Å². The molecule has 1 aliphatic rings. The number of nitrogens with zero attached hydrogens (tertiary/aromatic N) is 1. The Morgan fingerprint density at radius 1 is 1.19 bits per heavy atom. The van der Waals surface area contributed by atoms with E-state index < -0.39 is 6.10 Å². The molecule has 5 nitrogen and oxygen atoms in total. The van der Waals surface area contributed by atoms with E-state index in [9.17, 15) is 14.7 Å². The Kier molecular flexibility index (Phi) is 7.72. The van der Waals surface area contributed by atoms with Gasteiger partial charge in [-0.15, -0.1) is 0 Å². The maximum atomic E-state index is 12.1. The van der Waals surface area contributed by atoms with Crippen molar-refractivity contribution >= 4 is 11.8 Å². The molecule has 0 aromatic rings. The predicted octanol–water partition coefficient (Wildman–Crippen LogP) is 1.69. The molecule has 2 N–H and O–H groups in total. The molecule has 1 saturated carbocycles. The van der Waals surface area contributed by atoms with Crippen LogP contribution in [-0.4, -0.2) is 47.1 Å². The highest BCUT2D eigenvalue weighted by Gasteiger charge is 2.21. The van der Waals surface area contributed by atoms with Crippen LogP contribution in [0.2, 0.25) is 0 Å². The van der Waals surface area contributed by atoms with E-state index in [0.717, 1.165) is 12.8 Å². The highest BCUT2D eigenvalue weighted by atomic mass is 16.3. The van der Waals surface area contributed by atoms with Gasteiger partial charge in [0.25, 0.3) is 0 Å². The number of nitrogens with one attached hydrogen (secondary N) is 1. The lowest BCUT2D eigenvalue weighted by Gasteiger charge is -2.28. The average Bonchev–Trinajstić information content (AvgIpc) is 2.43. The van der Waals surface area contributed by atoms with Crippen molar-refractivity contribution in [1.82, 2.24) is 10.2 Å². The minimum absolute atomic E-state index is 0.0161. The molecule has 0 aromatic carbocycles. The Morgan fingerprint density at radius 3 is 2.33 bits per heavy atom. The van der Waals surface area contributed by atoms with Crippen molar-refractivity contribution in [2.75, 3.05) is 13.1 Å². The summed E-state index contributed by atoms with van der Waals surface area (Å²) in [7, 11) is 0. The monoisotopic (exact) mass is 298 g/mol. The third-order valence-electron chi connectivity index (χ3n) is 4.04. The number of hydrogen-bond donors (Lipinski definition) is 2. The second kappa shape index (κ2) is 9.03. The molecule has 0 bridgehead atoms. The molecule has 1 atom stereocenters. The number of carbonyl (C=O) groups is 2. The van der Waals surface area contributed by atoms with Crippen LogP contribution in [0.1, 0.15) is 59.3 Å². The summed E-state index contributed by atoms with van der Waals surface area (Å²) in [5.41, 5.74) is 0. The molecule has 21 heavy (non-hydrogen) atoms. The molecule has 0 heterocycles. The van der Waals surface area contributed by atoms with Crippen LogP contribution in [0.3, 0.4) is 0 Å². The first-order valence-corrected chi connectivity index (χ1v) is 8.14. The first kappa shape index (κ1) is 18.0. The highest BCUT2D eigenvalue weighted by Crippen LogP contribution is 2.25. The van der Waals surface area contributed by atoms with Crippen molar-refractivity contribution in [1.29, 1.82) is 0 Å². The summed E-state index contributed by atoms with van der Waals surface area (Å²) < 4.78 is 0. The van der Waals surface area contributed by atoms with Crippen molar-refractivity contribution in [3.63, 3.8) is 0 Å². The maximum absolute atomic E-state index is 12.1. The second-order valence-corrected chi connectivity index (χ2v) is 6.47. The maximum Gasteiger partial charge on any atom is 0.242 e. The number of carbonyl (C=O) groups excluding carboxylic acids is 2. The number of rotatable bonds is 7. The fourth-order valence-electron chi connectivity index (χ4n) is 2.89. The van der Waals surface area contributed by atoms with Crippen LogP contribution in [-0.2, 0) is 9.59 Å². The Labute approximate surface area is 128 Å². The zero-order chi connectivity index (χ0) is 15.8. The zero-order valence-electron chi connectivity index (χ0n) is 13.6. The number of aliphatic hydroxyl groups is 1. The molecule has 122 valence electrons. The minimum Gasteiger partial charge on any atom is -0.392 e. The van der Waals surface area contributed by atoms with Crippen LogP contribution in [0, 0.1) is 5.92 Å². The van der Waals surface area contributed by atoms with Gasteiger partial charge in [0.05, 0.1) is 12.6 Å². The van der Waals surface area contributed by atoms with Crippen molar-refractivity contribution < 1.29 is 14.7 Å². The number of hydrogen-bond acceptors (Lipinski definition) is 3. The summed E-state index contributed by atoms with van der Waals surface area (Å²) in [6.07, 6.45) is 5.93. The van der Waals surface area contributed by atoms with Gasteiger partial charge >= 0.3 is 0 Å². The predicted molar refractivity (Wildman–Crippen MR) is 82.7 cm³/mol. The molecule has 2 amide bonds. The molecule has 0 spiro atoms. The Morgan fingerprint density at radius 2 is 1.81 bits per heavy atom. The van der Waals surface area contributed by atoms with Crippen LogP contribution in [0.5, 0.6) is 0 Å². The molecular formula is C16H30N2O3. The first-order valence-electron chi connectivity index (χ1n) is 8.14. The molecule has 0 saturated heterocycles. The molecule has 5 heteroatoms. The SMILES string of the molecule is CC(O)CN(C(=O)CNC(=O)CC1CCCCC1)C(C)C. The normalized spacial score (nSPS) is 17.6. The van der Waals surface area contributed by atoms with E-state index in [-0.39, 0.29) is 24.4 Å². The summed E-state index contributed by atoms with van der Waals surface area (Å²) in [6, 6.07) is 0.0161. The number of aliphatic hydroxyl groups excluding tert-OH is 1. The summed E-state index contributed by atoms with van der Waals surface area (Å²) in [4.78, 5) is 25.6. The van der Waals surface area contributed by atoms with Gasteiger partial charge in [-0.25, -0.2) is 0 Å². The quantitative estimate of drug-likeness (QED) is 0.751. The molecule has 0 radical (unpaired) electrons. The summed E-state index contributed by atoms with van der Waals surface area (Å²) in [6.45, 7) is 5.80. The summed E-state index contributed by atoms with van der Waals surface area (Å²) in [5.74, 6) is 0.311. The van der Waals surface area contributed by atoms with E-state index in [1.54, 1.807) is 11.8 Å².